The molecule has 0 unspecified atom stereocenters. The average Bonchev–Trinajstić information content (AvgIpc) is 3.12. The summed E-state index contributed by atoms with van der Waals surface area (Å²) in [6.07, 6.45) is 0.589. The van der Waals surface area contributed by atoms with Crippen LogP contribution < -0.4 is 10.1 Å². The van der Waals surface area contributed by atoms with Gasteiger partial charge in [0.15, 0.2) is 0 Å². The Hall–Kier alpha value is -3.38. The highest BCUT2D eigenvalue weighted by Crippen LogP contribution is 2.30. The quantitative estimate of drug-likeness (QED) is 0.418. The maximum atomic E-state index is 11.7. The zero-order chi connectivity index (χ0) is 23.0. The minimum Gasteiger partial charge on any atom is -0.495 e. The fraction of sp³-hybridized carbons (Fsp3) is 0.231. The van der Waals surface area contributed by atoms with E-state index in [1.165, 1.54) is 0 Å². The number of ether oxygens (including phenoxy) is 1. The van der Waals surface area contributed by atoms with Crippen molar-refractivity contribution >= 4 is 24.9 Å². The number of carboxylic acids is 1. The van der Waals surface area contributed by atoms with Crippen LogP contribution in [0.2, 0.25) is 19.6 Å². The number of aryl methyl sites for hydroxylation is 1. The highest BCUT2D eigenvalue weighted by atomic mass is 28.3. The second-order valence-corrected chi connectivity index (χ2v) is 14.1. The molecule has 0 fully saturated rings. The molecule has 1 N–H and O–H groups in total. The number of nitrogens with zero attached hydrogens (tertiary/aromatic N) is 2. The van der Waals surface area contributed by atoms with Crippen molar-refractivity contribution in [3.05, 3.63) is 82.9 Å². The van der Waals surface area contributed by atoms with Crippen LogP contribution in [0.25, 0.3) is 16.8 Å². The first kappa shape index (κ1) is 21.8. The predicted octanol–water partition coefficient (Wildman–Crippen LogP) is 5.15. The summed E-state index contributed by atoms with van der Waals surface area (Å²) in [6.45, 7) is 8.68. The van der Waals surface area contributed by atoms with E-state index in [0.717, 1.165) is 44.5 Å². The van der Waals surface area contributed by atoms with Gasteiger partial charge in [0.05, 0.1) is 29.2 Å². The second-order valence-electron chi connectivity index (χ2n) is 9.12. The third-order valence-corrected chi connectivity index (χ3v) is 7.63. The van der Waals surface area contributed by atoms with Crippen molar-refractivity contribution < 1.29 is 14.6 Å². The van der Waals surface area contributed by atoms with Crippen LogP contribution in [0.1, 0.15) is 27.0 Å². The summed E-state index contributed by atoms with van der Waals surface area (Å²) in [5.74, 6) is -0.0490. The van der Waals surface area contributed by atoms with Crippen molar-refractivity contribution in [2.75, 3.05) is 7.11 Å². The molecule has 4 aromatic rings. The van der Waals surface area contributed by atoms with Gasteiger partial charge in [0.1, 0.15) is 13.8 Å². The van der Waals surface area contributed by atoms with Crippen LogP contribution in [0.4, 0.5) is 0 Å². The fourth-order valence-corrected chi connectivity index (χ4v) is 5.94. The van der Waals surface area contributed by atoms with E-state index in [0.29, 0.717) is 12.0 Å². The standard InChI is InChI=1S/C26H28N2O3Si/c1-17-11-12-18(15-20(17)26(29)30)16-21-22-13-14-23(31-2)25(32(3,4)5)28(22)27-24(21)19-9-7-6-8-10-19/h6-15H,16H2,1-5H3,(H,29,30). The van der Waals surface area contributed by atoms with E-state index in [1.54, 1.807) is 13.2 Å². The highest BCUT2D eigenvalue weighted by Gasteiger charge is 2.28. The van der Waals surface area contributed by atoms with Crippen LogP contribution in [0.3, 0.4) is 0 Å². The molecule has 5 nitrogen and oxygen atoms in total. The summed E-state index contributed by atoms with van der Waals surface area (Å²) < 4.78 is 7.77. The SMILES string of the molecule is COc1ccc2c(Cc3ccc(C)c(C(=O)O)c3)c(-c3ccccc3)nn2c1[Si](C)(C)C. The number of benzene rings is 2. The maximum absolute atomic E-state index is 11.7. The Morgan fingerprint density at radius 2 is 1.78 bits per heavy atom. The molecule has 0 radical (unpaired) electrons. The molecule has 0 atom stereocenters. The lowest BCUT2D eigenvalue weighted by Crippen LogP contribution is -2.43. The molecule has 32 heavy (non-hydrogen) atoms. The molecule has 0 saturated heterocycles. The first-order chi connectivity index (χ1) is 15.2. The van der Waals surface area contributed by atoms with E-state index in [9.17, 15) is 9.90 Å². The number of aromatic nitrogens is 2. The molecule has 2 aromatic heterocycles. The topological polar surface area (TPSA) is 63.8 Å². The number of carbonyl (C=O) groups is 1. The lowest BCUT2D eigenvalue weighted by molar-refractivity contribution is 0.0696. The molecule has 0 amide bonds. The lowest BCUT2D eigenvalue weighted by atomic mass is 9.97. The maximum Gasteiger partial charge on any atom is 0.335 e. The first-order valence-electron chi connectivity index (χ1n) is 10.7. The molecule has 0 bridgehead atoms. The summed E-state index contributed by atoms with van der Waals surface area (Å²) in [4.78, 5) is 11.7. The Morgan fingerprint density at radius 3 is 2.41 bits per heavy atom. The molecular formula is C26H28N2O3Si. The van der Waals surface area contributed by atoms with E-state index in [1.807, 2.05) is 43.3 Å². The molecule has 0 saturated carbocycles. The molecular weight excluding hydrogens is 416 g/mol. The van der Waals surface area contributed by atoms with Crippen LogP contribution in [0.15, 0.2) is 60.7 Å². The van der Waals surface area contributed by atoms with Gasteiger partial charge in [-0.05, 0) is 36.2 Å². The van der Waals surface area contributed by atoms with Crippen LogP contribution in [-0.2, 0) is 6.42 Å². The number of aromatic carboxylic acids is 1. The van der Waals surface area contributed by atoms with Gasteiger partial charge >= 0.3 is 5.97 Å². The van der Waals surface area contributed by atoms with Crippen LogP contribution >= 0.6 is 0 Å². The van der Waals surface area contributed by atoms with Gasteiger partial charge < -0.3 is 9.84 Å². The minimum absolute atomic E-state index is 0.338. The Labute approximate surface area is 189 Å². The van der Waals surface area contributed by atoms with E-state index in [4.69, 9.17) is 9.84 Å². The monoisotopic (exact) mass is 444 g/mol. The number of methoxy groups -OCH3 is 1. The average molecular weight is 445 g/mol. The predicted molar refractivity (Wildman–Crippen MR) is 131 cm³/mol. The molecule has 4 rings (SSSR count). The molecule has 0 aliphatic heterocycles. The van der Waals surface area contributed by atoms with E-state index in [2.05, 4.69) is 42.4 Å². The zero-order valence-corrected chi connectivity index (χ0v) is 20.1. The number of rotatable bonds is 6. The van der Waals surface area contributed by atoms with E-state index < -0.39 is 14.0 Å². The van der Waals surface area contributed by atoms with Gasteiger partial charge in [-0.3, -0.25) is 0 Å². The summed E-state index contributed by atoms with van der Waals surface area (Å²) in [7, 11) is -0.0980. The molecule has 0 aliphatic rings. The Kier molecular flexibility index (Phi) is 5.65. The van der Waals surface area contributed by atoms with Crippen molar-refractivity contribution in [2.24, 2.45) is 0 Å². The Morgan fingerprint density at radius 1 is 1.06 bits per heavy atom. The van der Waals surface area contributed by atoms with Crippen LogP contribution in [0.5, 0.6) is 5.75 Å². The summed E-state index contributed by atoms with van der Waals surface area (Å²) in [6, 6.07) is 19.9. The van der Waals surface area contributed by atoms with Crippen molar-refractivity contribution in [3.63, 3.8) is 0 Å². The molecule has 2 heterocycles. The van der Waals surface area contributed by atoms with E-state index >= 15 is 0 Å². The number of carboxylic acid groups (broad SMARTS) is 1. The number of pyridine rings is 1. The van der Waals surface area contributed by atoms with Gasteiger partial charge in [0, 0.05) is 17.5 Å². The van der Waals surface area contributed by atoms with Gasteiger partial charge in [-0.25, -0.2) is 9.31 Å². The largest absolute Gasteiger partial charge is 0.495 e. The minimum atomic E-state index is -1.80. The normalized spacial score (nSPS) is 11.7. The van der Waals surface area contributed by atoms with Gasteiger partial charge in [-0.2, -0.15) is 5.10 Å². The zero-order valence-electron chi connectivity index (χ0n) is 19.1. The van der Waals surface area contributed by atoms with Crippen LogP contribution in [-0.4, -0.2) is 35.9 Å². The number of hydrogen-bond acceptors (Lipinski definition) is 3. The third kappa shape index (κ3) is 3.94. The molecule has 6 heteroatoms. The van der Waals surface area contributed by atoms with Crippen molar-refractivity contribution in [2.45, 2.75) is 33.0 Å². The molecule has 2 aromatic carbocycles. The van der Waals surface area contributed by atoms with Crippen molar-refractivity contribution in [1.82, 2.24) is 9.61 Å². The molecule has 0 aliphatic carbocycles. The van der Waals surface area contributed by atoms with Crippen molar-refractivity contribution in [3.8, 4) is 17.0 Å². The molecule has 164 valence electrons. The van der Waals surface area contributed by atoms with Crippen LogP contribution in [0, 0.1) is 6.92 Å². The van der Waals surface area contributed by atoms with Gasteiger partial charge in [0.2, 0.25) is 0 Å². The second kappa shape index (κ2) is 8.28. The third-order valence-electron chi connectivity index (χ3n) is 5.75. The van der Waals surface area contributed by atoms with Gasteiger partial charge in [-0.15, -0.1) is 0 Å². The Bertz CT molecular complexity index is 1300. The van der Waals surface area contributed by atoms with Gasteiger partial charge in [0.25, 0.3) is 0 Å². The Balaban J connectivity index is 1.99. The van der Waals surface area contributed by atoms with Crippen molar-refractivity contribution in [1.29, 1.82) is 0 Å². The highest BCUT2D eigenvalue weighted by molar-refractivity contribution is 6.88. The fourth-order valence-electron chi connectivity index (χ4n) is 4.21. The molecule has 0 spiro atoms. The summed E-state index contributed by atoms with van der Waals surface area (Å²) in [5, 5.41) is 15.8. The number of hydrogen-bond donors (Lipinski definition) is 1. The smallest absolute Gasteiger partial charge is 0.335 e. The summed E-state index contributed by atoms with van der Waals surface area (Å²) >= 11 is 0. The summed E-state index contributed by atoms with van der Waals surface area (Å²) in [5.41, 5.74) is 6.11. The lowest BCUT2D eigenvalue weighted by Gasteiger charge is -2.21. The number of fused-ring (bicyclic) bond motifs is 1. The van der Waals surface area contributed by atoms with Gasteiger partial charge in [-0.1, -0.05) is 62.1 Å². The van der Waals surface area contributed by atoms with E-state index in [-0.39, 0.29) is 0 Å². The first-order valence-corrected chi connectivity index (χ1v) is 14.2.